The molecule has 7 nitrogen and oxygen atoms in total. The molecule has 0 atom stereocenters. The molecule has 0 bridgehead atoms. The van der Waals surface area contributed by atoms with Gasteiger partial charge in [0, 0.05) is 32.0 Å². The first-order valence-electron chi connectivity index (χ1n) is 10.1. The van der Waals surface area contributed by atoms with E-state index in [1.165, 1.54) is 5.56 Å². The Labute approximate surface area is 178 Å². The maximum absolute atomic E-state index is 12.3. The predicted molar refractivity (Wildman–Crippen MR) is 121 cm³/mol. The highest BCUT2D eigenvalue weighted by Crippen LogP contribution is 2.20. The summed E-state index contributed by atoms with van der Waals surface area (Å²) in [5, 5.41) is 9.16. The molecule has 0 spiro atoms. The van der Waals surface area contributed by atoms with Gasteiger partial charge in [0.1, 0.15) is 12.4 Å². The molecule has 0 unspecified atom stereocenters. The average molecular weight is 413 g/mol. The summed E-state index contributed by atoms with van der Waals surface area (Å²) in [6.07, 6.45) is 0.925. The van der Waals surface area contributed by atoms with Crippen molar-refractivity contribution in [1.82, 2.24) is 10.6 Å². The molecule has 0 aliphatic carbocycles. The second-order valence-corrected chi connectivity index (χ2v) is 6.83. The number of carbonyl (C=O) groups excluding carboxylic acids is 1. The van der Waals surface area contributed by atoms with Gasteiger partial charge in [0.05, 0.1) is 13.2 Å². The molecule has 2 rings (SSSR count). The Kier molecular flexibility index (Phi) is 9.67. The molecule has 0 saturated carbocycles. The minimum Gasteiger partial charge on any atom is -0.491 e. The fraction of sp³-hybridized carbons (Fsp3) is 0.391. The number of guanidine groups is 1. The van der Waals surface area contributed by atoms with Crippen molar-refractivity contribution in [3.05, 3.63) is 59.2 Å². The SMILES string of the molecule is CCc1cccc(NC(=O)CNC(=NC)NCc2ccc(C)cc2OCCOC)c1. The molecule has 0 heterocycles. The number of hydrogen-bond donors (Lipinski definition) is 3. The van der Waals surface area contributed by atoms with Crippen molar-refractivity contribution < 1.29 is 14.3 Å². The molecule has 2 aromatic rings. The third kappa shape index (κ3) is 7.75. The largest absolute Gasteiger partial charge is 0.491 e. The van der Waals surface area contributed by atoms with Crippen molar-refractivity contribution in [3.8, 4) is 5.75 Å². The Bertz CT molecular complexity index is 852. The Hall–Kier alpha value is -3.06. The van der Waals surface area contributed by atoms with E-state index in [1.54, 1.807) is 14.2 Å². The van der Waals surface area contributed by atoms with Crippen molar-refractivity contribution in [2.45, 2.75) is 26.8 Å². The summed E-state index contributed by atoms with van der Waals surface area (Å²) in [7, 11) is 3.32. The van der Waals surface area contributed by atoms with Crippen molar-refractivity contribution in [1.29, 1.82) is 0 Å². The maximum atomic E-state index is 12.3. The van der Waals surface area contributed by atoms with Gasteiger partial charge in [0.2, 0.25) is 5.91 Å². The molecule has 0 saturated heterocycles. The zero-order chi connectivity index (χ0) is 21.8. The molecule has 0 aromatic heterocycles. The van der Waals surface area contributed by atoms with Crippen molar-refractivity contribution in [3.63, 3.8) is 0 Å². The van der Waals surface area contributed by atoms with Crippen LogP contribution in [-0.2, 0) is 22.5 Å². The summed E-state index contributed by atoms with van der Waals surface area (Å²) < 4.78 is 10.9. The number of hydrogen-bond acceptors (Lipinski definition) is 4. The Morgan fingerprint density at radius 3 is 2.67 bits per heavy atom. The summed E-state index contributed by atoms with van der Waals surface area (Å²) in [6.45, 7) is 5.75. The number of aliphatic imine (C=N–C) groups is 1. The predicted octanol–water partition coefficient (Wildman–Crippen LogP) is 2.89. The van der Waals surface area contributed by atoms with Gasteiger partial charge in [0.25, 0.3) is 0 Å². The van der Waals surface area contributed by atoms with E-state index in [4.69, 9.17) is 9.47 Å². The van der Waals surface area contributed by atoms with E-state index in [0.717, 1.165) is 29.0 Å². The highest BCUT2D eigenvalue weighted by atomic mass is 16.5. The van der Waals surface area contributed by atoms with E-state index in [-0.39, 0.29) is 12.5 Å². The van der Waals surface area contributed by atoms with Crippen molar-refractivity contribution >= 4 is 17.6 Å². The van der Waals surface area contributed by atoms with E-state index >= 15 is 0 Å². The van der Waals surface area contributed by atoms with Crippen LogP contribution in [0.4, 0.5) is 5.69 Å². The summed E-state index contributed by atoms with van der Waals surface area (Å²) in [5.74, 6) is 1.21. The number of ether oxygens (including phenoxy) is 2. The highest BCUT2D eigenvalue weighted by Gasteiger charge is 2.08. The minimum atomic E-state index is -0.134. The lowest BCUT2D eigenvalue weighted by Crippen LogP contribution is -2.41. The quantitative estimate of drug-likeness (QED) is 0.317. The number of aryl methyl sites for hydroxylation is 2. The van der Waals surface area contributed by atoms with Crippen LogP contribution in [-0.4, -0.2) is 45.8 Å². The molecule has 0 fully saturated rings. The zero-order valence-electron chi connectivity index (χ0n) is 18.2. The smallest absolute Gasteiger partial charge is 0.243 e. The summed E-state index contributed by atoms with van der Waals surface area (Å²) in [6, 6.07) is 13.9. The van der Waals surface area contributed by atoms with Crippen LogP contribution >= 0.6 is 0 Å². The van der Waals surface area contributed by atoms with E-state index in [9.17, 15) is 4.79 Å². The first-order chi connectivity index (χ1) is 14.5. The van der Waals surface area contributed by atoms with Crippen LogP contribution in [0.1, 0.15) is 23.6 Å². The van der Waals surface area contributed by atoms with Crippen molar-refractivity contribution in [2.75, 3.05) is 39.2 Å². The number of rotatable bonds is 10. The van der Waals surface area contributed by atoms with E-state index < -0.39 is 0 Å². The Balaban J connectivity index is 1.86. The van der Waals surface area contributed by atoms with Gasteiger partial charge in [-0.15, -0.1) is 0 Å². The van der Waals surface area contributed by atoms with Crippen LogP contribution in [0.15, 0.2) is 47.5 Å². The first kappa shape index (κ1) is 23.2. The van der Waals surface area contributed by atoms with Gasteiger partial charge in [-0.1, -0.05) is 31.2 Å². The molecule has 2 aromatic carbocycles. The number of nitrogens with zero attached hydrogens (tertiary/aromatic N) is 1. The highest BCUT2D eigenvalue weighted by molar-refractivity contribution is 5.95. The molecule has 30 heavy (non-hydrogen) atoms. The monoisotopic (exact) mass is 412 g/mol. The van der Waals surface area contributed by atoms with Gasteiger partial charge < -0.3 is 25.4 Å². The molecule has 0 aliphatic heterocycles. The number of amides is 1. The standard InChI is InChI=1S/C23H32N4O3/c1-5-18-7-6-8-20(14-18)27-22(28)16-26-23(24-3)25-15-19-10-9-17(2)13-21(19)30-12-11-29-4/h6-10,13-14H,5,11-12,15-16H2,1-4H3,(H,27,28)(H2,24,25,26). The third-order valence-electron chi connectivity index (χ3n) is 4.47. The summed E-state index contributed by atoms with van der Waals surface area (Å²) in [4.78, 5) is 16.4. The number of carbonyl (C=O) groups is 1. The molecule has 0 aliphatic rings. The van der Waals surface area contributed by atoms with Gasteiger partial charge >= 0.3 is 0 Å². The average Bonchev–Trinajstić information content (AvgIpc) is 2.75. The first-order valence-corrected chi connectivity index (χ1v) is 10.1. The van der Waals surface area contributed by atoms with Gasteiger partial charge in [-0.2, -0.15) is 0 Å². The number of benzene rings is 2. The third-order valence-corrected chi connectivity index (χ3v) is 4.47. The van der Waals surface area contributed by atoms with Crippen LogP contribution in [0.2, 0.25) is 0 Å². The maximum Gasteiger partial charge on any atom is 0.243 e. The lowest BCUT2D eigenvalue weighted by atomic mass is 10.1. The number of methoxy groups -OCH3 is 1. The fourth-order valence-electron chi connectivity index (χ4n) is 2.81. The number of nitrogens with one attached hydrogen (secondary N) is 3. The second kappa shape index (κ2) is 12.5. The van der Waals surface area contributed by atoms with Crippen LogP contribution in [0.5, 0.6) is 5.75 Å². The molecular formula is C23H32N4O3. The second-order valence-electron chi connectivity index (χ2n) is 6.83. The Morgan fingerprint density at radius 1 is 1.10 bits per heavy atom. The van der Waals surface area contributed by atoms with Crippen LogP contribution in [0.25, 0.3) is 0 Å². The van der Waals surface area contributed by atoms with Gasteiger partial charge in [0.15, 0.2) is 5.96 Å². The van der Waals surface area contributed by atoms with Gasteiger partial charge in [-0.25, -0.2) is 0 Å². The van der Waals surface area contributed by atoms with Gasteiger partial charge in [-0.3, -0.25) is 9.79 Å². The molecule has 3 N–H and O–H groups in total. The van der Waals surface area contributed by atoms with Crippen LogP contribution in [0, 0.1) is 6.92 Å². The van der Waals surface area contributed by atoms with Crippen LogP contribution in [0.3, 0.4) is 0 Å². The van der Waals surface area contributed by atoms with Gasteiger partial charge in [-0.05, 0) is 42.7 Å². The lowest BCUT2D eigenvalue weighted by molar-refractivity contribution is -0.115. The van der Waals surface area contributed by atoms with E-state index in [1.807, 2.05) is 49.4 Å². The topological polar surface area (TPSA) is 84.0 Å². The van der Waals surface area contributed by atoms with E-state index in [0.29, 0.717) is 25.7 Å². The molecule has 1 amide bonds. The molecule has 0 radical (unpaired) electrons. The van der Waals surface area contributed by atoms with Crippen molar-refractivity contribution in [2.24, 2.45) is 4.99 Å². The van der Waals surface area contributed by atoms with E-state index in [2.05, 4.69) is 27.9 Å². The fourth-order valence-corrected chi connectivity index (χ4v) is 2.81. The summed E-state index contributed by atoms with van der Waals surface area (Å²) >= 11 is 0. The lowest BCUT2D eigenvalue weighted by Gasteiger charge is -2.15. The minimum absolute atomic E-state index is 0.112. The number of anilines is 1. The molecule has 162 valence electrons. The normalized spacial score (nSPS) is 11.1. The molecule has 7 heteroatoms. The van der Waals surface area contributed by atoms with Crippen LogP contribution < -0.4 is 20.7 Å². The summed E-state index contributed by atoms with van der Waals surface area (Å²) in [5.41, 5.74) is 4.10. The zero-order valence-corrected chi connectivity index (χ0v) is 18.2. The Morgan fingerprint density at radius 2 is 1.93 bits per heavy atom. The molecular weight excluding hydrogens is 380 g/mol.